The standard InChI is InChI=1S/C13H19ClN2O/c1-16(11-8-15-9-11)6-5-10-3-4-12(17-2)7-13(10)14/h3-4,7,11,15H,5-6,8-9H2,1-2H3. The second-order valence-corrected chi connectivity index (χ2v) is 4.91. The van der Waals surface area contributed by atoms with E-state index in [1.54, 1.807) is 7.11 Å². The largest absolute Gasteiger partial charge is 0.497 e. The lowest BCUT2D eigenvalue weighted by molar-refractivity contribution is 0.182. The van der Waals surface area contributed by atoms with E-state index in [0.29, 0.717) is 6.04 Å². The summed E-state index contributed by atoms with van der Waals surface area (Å²) in [6.45, 7) is 3.25. The molecule has 2 rings (SSSR count). The van der Waals surface area contributed by atoms with Crippen LogP contribution in [0.4, 0.5) is 0 Å². The van der Waals surface area contributed by atoms with Crippen LogP contribution in [-0.2, 0) is 6.42 Å². The van der Waals surface area contributed by atoms with Crippen molar-refractivity contribution in [3.63, 3.8) is 0 Å². The van der Waals surface area contributed by atoms with Gasteiger partial charge in [-0.1, -0.05) is 17.7 Å². The lowest BCUT2D eigenvalue weighted by Crippen LogP contribution is -2.56. The third-order valence-corrected chi connectivity index (χ3v) is 3.73. The Bertz CT molecular complexity index is 380. The van der Waals surface area contributed by atoms with Crippen molar-refractivity contribution in [2.45, 2.75) is 12.5 Å². The summed E-state index contributed by atoms with van der Waals surface area (Å²) in [4.78, 5) is 2.39. The van der Waals surface area contributed by atoms with Crippen LogP contribution in [0, 0.1) is 0 Å². The second kappa shape index (κ2) is 5.71. The number of benzene rings is 1. The van der Waals surface area contributed by atoms with Crippen LogP contribution in [0.2, 0.25) is 5.02 Å². The third-order valence-electron chi connectivity index (χ3n) is 3.38. The van der Waals surface area contributed by atoms with Gasteiger partial charge in [0.1, 0.15) is 5.75 Å². The van der Waals surface area contributed by atoms with E-state index in [4.69, 9.17) is 16.3 Å². The minimum absolute atomic E-state index is 0.687. The van der Waals surface area contributed by atoms with Crippen LogP contribution in [0.1, 0.15) is 5.56 Å². The quantitative estimate of drug-likeness (QED) is 0.867. The number of nitrogens with one attached hydrogen (secondary N) is 1. The van der Waals surface area contributed by atoms with Gasteiger partial charge in [0.15, 0.2) is 0 Å². The molecule has 0 aromatic heterocycles. The van der Waals surface area contributed by atoms with Gasteiger partial charge in [0.2, 0.25) is 0 Å². The minimum atomic E-state index is 0.687. The van der Waals surface area contributed by atoms with E-state index in [0.717, 1.165) is 36.8 Å². The van der Waals surface area contributed by atoms with Crippen molar-refractivity contribution in [3.8, 4) is 5.75 Å². The molecule has 0 radical (unpaired) electrons. The first-order valence-corrected chi connectivity index (χ1v) is 6.32. The second-order valence-electron chi connectivity index (χ2n) is 4.50. The molecule has 0 amide bonds. The molecular weight excluding hydrogens is 236 g/mol. The maximum Gasteiger partial charge on any atom is 0.120 e. The molecule has 1 heterocycles. The van der Waals surface area contributed by atoms with E-state index < -0.39 is 0 Å². The minimum Gasteiger partial charge on any atom is -0.497 e. The third kappa shape index (κ3) is 3.12. The van der Waals surface area contributed by atoms with Crippen LogP contribution in [-0.4, -0.2) is 44.7 Å². The first-order valence-electron chi connectivity index (χ1n) is 5.94. The van der Waals surface area contributed by atoms with Crippen LogP contribution < -0.4 is 10.1 Å². The van der Waals surface area contributed by atoms with Gasteiger partial charge < -0.3 is 15.0 Å². The van der Waals surface area contributed by atoms with Crippen LogP contribution in [0.15, 0.2) is 18.2 Å². The average molecular weight is 255 g/mol. The molecule has 4 heteroatoms. The van der Waals surface area contributed by atoms with Gasteiger partial charge in [-0.25, -0.2) is 0 Å². The highest BCUT2D eigenvalue weighted by Gasteiger charge is 2.20. The fourth-order valence-electron chi connectivity index (χ4n) is 1.92. The number of likely N-dealkylation sites (N-methyl/N-ethyl adjacent to an activating group) is 1. The van der Waals surface area contributed by atoms with Crippen molar-refractivity contribution >= 4 is 11.6 Å². The number of methoxy groups -OCH3 is 1. The Balaban J connectivity index is 1.89. The van der Waals surface area contributed by atoms with E-state index in [-0.39, 0.29) is 0 Å². The smallest absolute Gasteiger partial charge is 0.120 e. The molecule has 0 spiro atoms. The molecule has 1 aliphatic heterocycles. The molecular formula is C13H19ClN2O. The number of hydrogen-bond donors (Lipinski definition) is 1. The maximum atomic E-state index is 6.21. The van der Waals surface area contributed by atoms with Gasteiger partial charge in [-0.2, -0.15) is 0 Å². The topological polar surface area (TPSA) is 24.5 Å². The normalized spacial score (nSPS) is 16.0. The molecule has 0 saturated carbocycles. The van der Waals surface area contributed by atoms with Gasteiger partial charge in [0, 0.05) is 30.7 Å². The molecule has 0 bridgehead atoms. The van der Waals surface area contributed by atoms with Crippen molar-refractivity contribution < 1.29 is 4.74 Å². The van der Waals surface area contributed by atoms with Gasteiger partial charge in [-0.15, -0.1) is 0 Å². The Morgan fingerprint density at radius 3 is 2.76 bits per heavy atom. The predicted molar refractivity (Wildman–Crippen MR) is 71.0 cm³/mol. The molecule has 1 fully saturated rings. The molecule has 0 aliphatic carbocycles. The number of hydrogen-bond acceptors (Lipinski definition) is 3. The average Bonchev–Trinajstić information content (AvgIpc) is 2.25. The molecule has 3 nitrogen and oxygen atoms in total. The summed E-state index contributed by atoms with van der Waals surface area (Å²) < 4.78 is 5.14. The van der Waals surface area contributed by atoms with E-state index in [9.17, 15) is 0 Å². The van der Waals surface area contributed by atoms with Gasteiger partial charge in [-0.05, 0) is 31.2 Å². The molecule has 1 saturated heterocycles. The SMILES string of the molecule is COc1ccc(CCN(C)C2CNC2)c(Cl)c1. The molecule has 1 aromatic carbocycles. The van der Waals surface area contributed by atoms with Crippen molar-refractivity contribution in [3.05, 3.63) is 28.8 Å². The zero-order valence-corrected chi connectivity index (χ0v) is 11.1. The highest BCUT2D eigenvalue weighted by molar-refractivity contribution is 6.31. The number of rotatable bonds is 5. The summed E-state index contributed by atoms with van der Waals surface area (Å²) in [5.41, 5.74) is 1.19. The highest BCUT2D eigenvalue weighted by atomic mass is 35.5. The zero-order chi connectivity index (χ0) is 12.3. The van der Waals surface area contributed by atoms with Crippen LogP contribution >= 0.6 is 11.6 Å². The molecule has 1 aliphatic rings. The molecule has 0 atom stereocenters. The Labute approximate surface area is 108 Å². The van der Waals surface area contributed by atoms with Crippen molar-refractivity contribution in [2.24, 2.45) is 0 Å². The molecule has 1 N–H and O–H groups in total. The highest BCUT2D eigenvalue weighted by Crippen LogP contribution is 2.23. The molecule has 17 heavy (non-hydrogen) atoms. The first-order chi connectivity index (χ1) is 8.20. The predicted octanol–water partition coefficient (Wildman–Crippen LogP) is 1.79. The lowest BCUT2D eigenvalue weighted by Gasteiger charge is -2.35. The fraction of sp³-hybridized carbons (Fsp3) is 0.538. The summed E-state index contributed by atoms with van der Waals surface area (Å²) in [5.74, 6) is 0.815. The van der Waals surface area contributed by atoms with Gasteiger partial charge >= 0.3 is 0 Å². The number of nitrogens with zero attached hydrogens (tertiary/aromatic N) is 1. The van der Waals surface area contributed by atoms with Crippen molar-refractivity contribution in [2.75, 3.05) is 33.8 Å². The van der Waals surface area contributed by atoms with E-state index in [1.165, 1.54) is 5.56 Å². The van der Waals surface area contributed by atoms with E-state index >= 15 is 0 Å². The number of ether oxygens (including phenoxy) is 1. The Hall–Kier alpha value is -0.770. The fourth-order valence-corrected chi connectivity index (χ4v) is 2.19. The van der Waals surface area contributed by atoms with Gasteiger partial charge in [0.05, 0.1) is 7.11 Å². The molecule has 94 valence electrons. The molecule has 0 unspecified atom stereocenters. The summed E-state index contributed by atoms with van der Waals surface area (Å²) in [6, 6.07) is 6.58. The summed E-state index contributed by atoms with van der Waals surface area (Å²) in [5, 5.41) is 4.08. The summed E-state index contributed by atoms with van der Waals surface area (Å²) in [7, 11) is 3.83. The van der Waals surface area contributed by atoms with Crippen LogP contribution in [0.25, 0.3) is 0 Å². The van der Waals surface area contributed by atoms with Crippen molar-refractivity contribution in [1.82, 2.24) is 10.2 Å². The number of halogens is 1. The van der Waals surface area contributed by atoms with Gasteiger partial charge in [-0.3, -0.25) is 0 Å². The van der Waals surface area contributed by atoms with Crippen LogP contribution in [0.3, 0.4) is 0 Å². The van der Waals surface area contributed by atoms with Gasteiger partial charge in [0.25, 0.3) is 0 Å². The first kappa shape index (κ1) is 12.7. The Kier molecular flexibility index (Phi) is 4.26. The van der Waals surface area contributed by atoms with Crippen LogP contribution in [0.5, 0.6) is 5.75 Å². The lowest BCUT2D eigenvalue weighted by atomic mass is 10.1. The zero-order valence-electron chi connectivity index (χ0n) is 10.4. The molecule has 1 aromatic rings. The monoisotopic (exact) mass is 254 g/mol. The summed E-state index contributed by atoms with van der Waals surface area (Å²) >= 11 is 6.21. The Morgan fingerprint density at radius 1 is 1.47 bits per heavy atom. The maximum absolute atomic E-state index is 6.21. The van der Waals surface area contributed by atoms with E-state index in [1.807, 2.05) is 18.2 Å². The Morgan fingerprint density at radius 2 is 2.24 bits per heavy atom. The van der Waals surface area contributed by atoms with E-state index in [2.05, 4.69) is 17.3 Å². The van der Waals surface area contributed by atoms with Crippen molar-refractivity contribution in [1.29, 1.82) is 0 Å². The summed E-state index contributed by atoms with van der Waals surface area (Å²) in [6.07, 6.45) is 0.982.